The van der Waals surface area contributed by atoms with Gasteiger partial charge < -0.3 is 15.4 Å². The third-order valence-corrected chi connectivity index (χ3v) is 3.50. The number of likely N-dealkylation sites (N-methyl/N-ethyl adjacent to an activating group) is 1. The third kappa shape index (κ3) is 5.87. The fourth-order valence-corrected chi connectivity index (χ4v) is 1.99. The van der Waals surface area contributed by atoms with Gasteiger partial charge in [-0.15, -0.1) is 0 Å². The van der Waals surface area contributed by atoms with Crippen LogP contribution in [0.5, 0.6) is 0 Å². The predicted octanol–water partition coefficient (Wildman–Crippen LogP) is 1.96. The molecule has 0 saturated heterocycles. The van der Waals surface area contributed by atoms with E-state index in [2.05, 4.69) is 0 Å². The lowest BCUT2D eigenvalue weighted by Gasteiger charge is -2.32. The molecule has 0 aromatic carbocycles. The second-order valence-electron chi connectivity index (χ2n) is 6.02. The fraction of sp³-hybridized carbons (Fsp3) is 0.750. The summed E-state index contributed by atoms with van der Waals surface area (Å²) in [6, 6.07) is -0.723. The summed E-state index contributed by atoms with van der Waals surface area (Å²) in [7, 11) is 1.73. The standard InChI is InChI=1S/C16H30N2O3/c1-8-21-16(20)12(6)9-13(10(2)3)18(7)15(19)14(17)11(4)5/h9-11,13-14H,8,17H2,1-7H3/b12-9+. The molecular formula is C16H30N2O3. The molecule has 0 bridgehead atoms. The summed E-state index contributed by atoms with van der Waals surface area (Å²) < 4.78 is 4.97. The Kier molecular flexibility index (Phi) is 8.25. The topological polar surface area (TPSA) is 72.6 Å². The minimum atomic E-state index is -0.535. The maximum atomic E-state index is 12.4. The lowest BCUT2D eigenvalue weighted by Crippen LogP contribution is -2.49. The van der Waals surface area contributed by atoms with Gasteiger partial charge in [0.1, 0.15) is 0 Å². The number of hydrogen-bond acceptors (Lipinski definition) is 4. The van der Waals surface area contributed by atoms with Gasteiger partial charge in [-0.1, -0.05) is 33.8 Å². The Morgan fingerprint density at radius 2 is 1.71 bits per heavy atom. The van der Waals surface area contributed by atoms with Crippen molar-refractivity contribution < 1.29 is 14.3 Å². The number of amides is 1. The molecule has 2 unspecified atom stereocenters. The Hall–Kier alpha value is -1.36. The van der Waals surface area contributed by atoms with Crippen LogP contribution in [-0.4, -0.2) is 42.5 Å². The number of nitrogens with two attached hydrogens (primary N) is 1. The normalized spacial score (nSPS) is 15.0. The highest BCUT2D eigenvalue weighted by Gasteiger charge is 2.27. The first-order valence-corrected chi connectivity index (χ1v) is 7.51. The SMILES string of the molecule is CCOC(=O)/C(C)=C/C(C(C)C)N(C)C(=O)C(N)C(C)C. The van der Waals surface area contributed by atoms with E-state index in [0.717, 1.165) is 0 Å². The van der Waals surface area contributed by atoms with Crippen LogP contribution >= 0.6 is 0 Å². The number of rotatable bonds is 7. The van der Waals surface area contributed by atoms with Crippen molar-refractivity contribution in [2.75, 3.05) is 13.7 Å². The summed E-state index contributed by atoms with van der Waals surface area (Å²) in [6.45, 7) is 11.6. The van der Waals surface area contributed by atoms with E-state index in [1.165, 1.54) is 0 Å². The lowest BCUT2D eigenvalue weighted by atomic mass is 9.97. The van der Waals surface area contributed by atoms with E-state index < -0.39 is 6.04 Å². The predicted molar refractivity (Wildman–Crippen MR) is 84.6 cm³/mol. The Morgan fingerprint density at radius 1 is 1.19 bits per heavy atom. The van der Waals surface area contributed by atoms with Gasteiger partial charge in [-0.25, -0.2) is 4.79 Å². The first-order valence-electron chi connectivity index (χ1n) is 7.51. The van der Waals surface area contributed by atoms with Crippen molar-refractivity contribution in [1.82, 2.24) is 4.90 Å². The van der Waals surface area contributed by atoms with Gasteiger partial charge in [-0.3, -0.25) is 4.79 Å². The fourth-order valence-electron chi connectivity index (χ4n) is 1.99. The van der Waals surface area contributed by atoms with Gasteiger partial charge in [-0.05, 0) is 25.7 Å². The minimum Gasteiger partial charge on any atom is -0.463 e. The Labute approximate surface area is 128 Å². The van der Waals surface area contributed by atoms with E-state index in [0.29, 0.717) is 12.2 Å². The molecule has 2 N–H and O–H groups in total. The highest BCUT2D eigenvalue weighted by molar-refractivity contribution is 5.88. The molecule has 0 aliphatic heterocycles. The molecule has 0 aromatic heterocycles. The van der Waals surface area contributed by atoms with Crippen LogP contribution in [0.2, 0.25) is 0 Å². The van der Waals surface area contributed by atoms with E-state index >= 15 is 0 Å². The van der Waals surface area contributed by atoms with Crippen molar-refractivity contribution in [2.45, 2.75) is 53.6 Å². The van der Waals surface area contributed by atoms with Gasteiger partial charge in [0, 0.05) is 12.6 Å². The van der Waals surface area contributed by atoms with E-state index in [4.69, 9.17) is 10.5 Å². The van der Waals surface area contributed by atoms with Gasteiger partial charge in [0.25, 0.3) is 0 Å². The number of nitrogens with zero attached hydrogens (tertiary/aromatic N) is 1. The summed E-state index contributed by atoms with van der Waals surface area (Å²) in [5.41, 5.74) is 6.44. The first kappa shape index (κ1) is 19.6. The van der Waals surface area contributed by atoms with Crippen molar-refractivity contribution in [3.8, 4) is 0 Å². The first-order chi connectivity index (χ1) is 9.63. The van der Waals surface area contributed by atoms with Crippen LogP contribution < -0.4 is 5.73 Å². The zero-order valence-corrected chi connectivity index (χ0v) is 14.3. The molecule has 0 heterocycles. The largest absolute Gasteiger partial charge is 0.463 e. The quantitative estimate of drug-likeness (QED) is 0.576. The van der Waals surface area contributed by atoms with Crippen LogP contribution in [0.1, 0.15) is 41.5 Å². The molecule has 5 heteroatoms. The summed E-state index contributed by atoms with van der Waals surface area (Å²) in [5.74, 6) is -0.223. The minimum absolute atomic E-state index is 0.0721. The molecule has 21 heavy (non-hydrogen) atoms. The van der Waals surface area contributed by atoms with Crippen molar-refractivity contribution in [1.29, 1.82) is 0 Å². The maximum Gasteiger partial charge on any atom is 0.333 e. The molecule has 1 amide bonds. The highest BCUT2D eigenvalue weighted by atomic mass is 16.5. The zero-order valence-electron chi connectivity index (χ0n) is 14.3. The van der Waals surface area contributed by atoms with Crippen molar-refractivity contribution in [2.24, 2.45) is 17.6 Å². The third-order valence-electron chi connectivity index (χ3n) is 3.50. The second-order valence-corrected chi connectivity index (χ2v) is 6.02. The molecule has 0 aliphatic carbocycles. The van der Waals surface area contributed by atoms with Gasteiger partial charge in [0.2, 0.25) is 5.91 Å². The molecule has 0 aliphatic rings. The van der Waals surface area contributed by atoms with Crippen LogP contribution in [0.25, 0.3) is 0 Å². The van der Waals surface area contributed by atoms with Crippen LogP contribution in [0.15, 0.2) is 11.6 Å². The van der Waals surface area contributed by atoms with Crippen molar-refractivity contribution in [3.05, 3.63) is 11.6 Å². The second kappa shape index (κ2) is 8.82. The van der Waals surface area contributed by atoms with Gasteiger partial charge >= 0.3 is 5.97 Å². The summed E-state index contributed by atoms with van der Waals surface area (Å²) >= 11 is 0. The molecule has 2 atom stereocenters. The average molecular weight is 298 g/mol. The molecule has 122 valence electrons. The average Bonchev–Trinajstić information content (AvgIpc) is 2.41. The molecule has 0 radical (unpaired) electrons. The summed E-state index contributed by atoms with van der Waals surface area (Å²) in [5, 5.41) is 0. The Morgan fingerprint density at radius 3 is 2.10 bits per heavy atom. The van der Waals surface area contributed by atoms with Crippen LogP contribution in [0, 0.1) is 11.8 Å². The summed E-state index contributed by atoms with van der Waals surface area (Å²) in [6.07, 6.45) is 1.79. The number of carbonyl (C=O) groups is 2. The lowest BCUT2D eigenvalue weighted by molar-refractivity contribution is -0.139. The van der Waals surface area contributed by atoms with Gasteiger partial charge in [-0.2, -0.15) is 0 Å². The maximum absolute atomic E-state index is 12.4. The Balaban J connectivity index is 5.19. The molecule has 0 aromatic rings. The van der Waals surface area contributed by atoms with Crippen molar-refractivity contribution >= 4 is 11.9 Å². The number of esters is 1. The van der Waals surface area contributed by atoms with Gasteiger partial charge in [0.05, 0.1) is 18.7 Å². The monoisotopic (exact) mass is 298 g/mol. The van der Waals surface area contributed by atoms with Crippen LogP contribution in [-0.2, 0) is 14.3 Å². The molecule has 0 saturated carbocycles. The van der Waals surface area contributed by atoms with E-state index in [1.54, 1.807) is 31.9 Å². The highest BCUT2D eigenvalue weighted by Crippen LogP contribution is 2.16. The van der Waals surface area contributed by atoms with E-state index in [1.807, 2.05) is 27.7 Å². The number of hydrogen-bond donors (Lipinski definition) is 1. The molecule has 0 spiro atoms. The van der Waals surface area contributed by atoms with Gasteiger partial charge in [0.15, 0.2) is 0 Å². The molecule has 5 nitrogen and oxygen atoms in total. The zero-order chi connectivity index (χ0) is 16.7. The number of carbonyl (C=O) groups excluding carboxylic acids is 2. The Bertz CT molecular complexity index is 389. The molecule has 0 fully saturated rings. The number of ether oxygens (including phenoxy) is 1. The molecular weight excluding hydrogens is 268 g/mol. The van der Waals surface area contributed by atoms with Crippen molar-refractivity contribution in [3.63, 3.8) is 0 Å². The molecule has 0 rings (SSSR count). The van der Waals surface area contributed by atoms with Crippen LogP contribution in [0.3, 0.4) is 0 Å². The summed E-state index contributed by atoms with van der Waals surface area (Å²) in [4.78, 5) is 25.7. The smallest absolute Gasteiger partial charge is 0.333 e. The van der Waals surface area contributed by atoms with E-state index in [9.17, 15) is 9.59 Å². The van der Waals surface area contributed by atoms with E-state index in [-0.39, 0.29) is 29.8 Å². The van der Waals surface area contributed by atoms with Crippen LogP contribution in [0.4, 0.5) is 0 Å².